The number of nitrogens with zero attached hydrogens (tertiary/aromatic N) is 5. The Balaban J connectivity index is 1.44. The molecule has 2 aromatic rings. The fourth-order valence-corrected chi connectivity index (χ4v) is 5.76. The molecule has 2 fully saturated rings. The van der Waals surface area contributed by atoms with Crippen molar-refractivity contribution in [1.29, 1.82) is 0 Å². The Kier molecular flexibility index (Phi) is 6.55. The summed E-state index contributed by atoms with van der Waals surface area (Å²) in [6.45, 7) is 11.8. The average Bonchev–Trinajstić information content (AvgIpc) is 3.40. The van der Waals surface area contributed by atoms with E-state index in [1.807, 2.05) is 45.9 Å². The van der Waals surface area contributed by atoms with Crippen molar-refractivity contribution in [3.63, 3.8) is 0 Å². The second-order valence-corrected chi connectivity index (χ2v) is 11.7. The minimum absolute atomic E-state index is 0.0256. The van der Waals surface area contributed by atoms with Crippen LogP contribution >= 0.6 is 0 Å². The number of carbonyl (C=O) groups is 1. The van der Waals surface area contributed by atoms with E-state index in [-0.39, 0.29) is 18.2 Å². The van der Waals surface area contributed by atoms with Crippen molar-refractivity contribution in [3.8, 4) is 11.5 Å². The van der Waals surface area contributed by atoms with E-state index in [0.29, 0.717) is 38.3 Å². The van der Waals surface area contributed by atoms with Crippen LogP contribution in [0.3, 0.4) is 0 Å². The Morgan fingerprint density at radius 3 is 2.45 bits per heavy atom. The van der Waals surface area contributed by atoms with Crippen LogP contribution in [-0.4, -0.2) is 78.7 Å². The van der Waals surface area contributed by atoms with E-state index >= 15 is 4.39 Å². The van der Waals surface area contributed by atoms with Gasteiger partial charge in [-0.15, -0.1) is 0 Å². The van der Waals surface area contributed by atoms with Gasteiger partial charge in [-0.05, 0) is 53.2 Å². The molecular formula is C28H38FN5O4. The number of ether oxygens (including phenoxy) is 3. The lowest BCUT2D eigenvalue weighted by molar-refractivity contribution is 0.0129. The first kappa shape index (κ1) is 26.3. The molecule has 2 unspecified atom stereocenters. The maximum absolute atomic E-state index is 15.1. The Bertz CT molecular complexity index is 1220. The van der Waals surface area contributed by atoms with Crippen LogP contribution in [0.5, 0.6) is 11.5 Å². The van der Waals surface area contributed by atoms with Gasteiger partial charge in [0.25, 0.3) is 0 Å². The van der Waals surface area contributed by atoms with Crippen LogP contribution in [-0.2, 0) is 16.7 Å². The van der Waals surface area contributed by atoms with Gasteiger partial charge in [0, 0.05) is 55.5 Å². The van der Waals surface area contributed by atoms with Crippen molar-refractivity contribution >= 4 is 17.7 Å². The number of anilines is 2. The average molecular weight is 528 g/mol. The monoisotopic (exact) mass is 527 g/mol. The fourth-order valence-electron chi connectivity index (χ4n) is 5.76. The number of piperazine rings is 1. The molecule has 3 aliphatic rings. The van der Waals surface area contributed by atoms with Crippen LogP contribution in [0.25, 0.3) is 0 Å². The second-order valence-electron chi connectivity index (χ2n) is 11.7. The Morgan fingerprint density at radius 2 is 1.82 bits per heavy atom. The van der Waals surface area contributed by atoms with Crippen molar-refractivity contribution in [1.82, 2.24) is 14.9 Å². The molecule has 1 saturated heterocycles. The molecule has 206 valence electrons. The van der Waals surface area contributed by atoms with Gasteiger partial charge in [-0.3, -0.25) is 0 Å². The van der Waals surface area contributed by atoms with E-state index in [2.05, 4.69) is 21.7 Å². The smallest absolute Gasteiger partial charge is 0.410 e. The number of halogens is 1. The normalized spacial score (nSPS) is 26.4. The Hall–Kier alpha value is -3.30. The zero-order valence-corrected chi connectivity index (χ0v) is 23.3. The molecule has 1 saturated carbocycles. The van der Waals surface area contributed by atoms with Crippen molar-refractivity contribution in [2.45, 2.75) is 76.9 Å². The number of methoxy groups -OCH3 is 2. The third kappa shape index (κ3) is 4.58. The predicted molar refractivity (Wildman–Crippen MR) is 143 cm³/mol. The topological polar surface area (TPSA) is 80.3 Å². The molecule has 10 heteroatoms. The van der Waals surface area contributed by atoms with Gasteiger partial charge in [-0.1, -0.05) is 0 Å². The molecule has 2 aliphatic heterocycles. The number of carbonyl (C=O) groups excluding carboxylic acids is 1. The molecule has 1 amide bonds. The summed E-state index contributed by atoms with van der Waals surface area (Å²) in [6.07, 6.45) is 0.771. The zero-order chi connectivity index (χ0) is 27.4. The molecule has 3 heterocycles. The summed E-state index contributed by atoms with van der Waals surface area (Å²) in [5.41, 5.74) is 0.678. The summed E-state index contributed by atoms with van der Waals surface area (Å²) in [5.74, 6) is 2.97. The molecule has 1 aromatic heterocycles. The van der Waals surface area contributed by atoms with Gasteiger partial charge in [-0.2, -0.15) is 0 Å². The summed E-state index contributed by atoms with van der Waals surface area (Å²) in [6, 6.07) is 5.62. The van der Waals surface area contributed by atoms with Crippen LogP contribution in [0.4, 0.5) is 20.8 Å². The van der Waals surface area contributed by atoms with Crippen LogP contribution in [0.2, 0.25) is 0 Å². The highest BCUT2D eigenvalue weighted by molar-refractivity contribution is 5.73. The number of hydrogen-bond donors (Lipinski definition) is 0. The molecule has 0 radical (unpaired) electrons. The molecule has 5 rings (SSSR count). The molecule has 1 aliphatic carbocycles. The minimum atomic E-state index is -0.940. The second kappa shape index (κ2) is 9.47. The highest BCUT2D eigenvalue weighted by Crippen LogP contribution is 2.60. The largest absolute Gasteiger partial charge is 0.497 e. The zero-order valence-electron chi connectivity index (χ0n) is 23.3. The standard InChI is InChI=1S/C28H38FN5O4/c1-17-13-34(26(35)38-27(3,4)5)18(2)12-33(17)25-23-24(30-16-31-25)32(15-28(23)11-22(28)29)14-19-8-9-20(36-6)10-21(19)37-7/h8-10,16-18,22H,11-15H2,1-7H3/t17-,18+,22?,28?/m0/s1. The summed E-state index contributed by atoms with van der Waals surface area (Å²) >= 11 is 0. The van der Waals surface area contributed by atoms with Crippen molar-refractivity contribution in [2.24, 2.45) is 0 Å². The van der Waals surface area contributed by atoms with E-state index in [9.17, 15) is 4.79 Å². The third-order valence-electron chi connectivity index (χ3n) is 7.80. The Labute approximate surface area is 223 Å². The maximum atomic E-state index is 15.1. The fraction of sp³-hybridized carbons (Fsp3) is 0.607. The summed E-state index contributed by atoms with van der Waals surface area (Å²) in [4.78, 5) is 28.3. The quantitative estimate of drug-likeness (QED) is 0.569. The molecule has 4 atom stereocenters. The molecule has 1 spiro atoms. The van der Waals surface area contributed by atoms with Gasteiger partial charge in [0.05, 0.1) is 19.6 Å². The number of alkyl halides is 1. The Morgan fingerprint density at radius 1 is 1.11 bits per heavy atom. The highest BCUT2D eigenvalue weighted by Gasteiger charge is 2.64. The number of aromatic nitrogens is 2. The molecule has 0 bridgehead atoms. The SMILES string of the molecule is COc1ccc(CN2CC3(CC3F)c3c2ncnc3N2C[C@@H](C)N(C(=O)OC(C)(C)C)C[C@@H]2C)c(OC)c1. The molecule has 38 heavy (non-hydrogen) atoms. The number of benzene rings is 1. The van der Waals surface area contributed by atoms with Gasteiger partial charge in [-0.25, -0.2) is 19.2 Å². The molecule has 0 N–H and O–H groups in total. The van der Waals surface area contributed by atoms with Gasteiger partial charge < -0.3 is 28.9 Å². The van der Waals surface area contributed by atoms with Crippen LogP contribution < -0.4 is 19.3 Å². The number of fused-ring (bicyclic) bond motifs is 2. The van der Waals surface area contributed by atoms with Crippen molar-refractivity contribution in [2.75, 3.05) is 43.7 Å². The van der Waals surface area contributed by atoms with E-state index < -0.39 is 17.2 Å². The van der Waals surface area contributed by atoms with E-state index in [0.717, 1.165) is 28.5 Å². The van der Waals surface area contributed by atoms with E-state index in [1.54, 1.807) is 25.4 Å². The first-order chi connectivity index (χ1) is 18.0. The maximum Gasteiger partial charge on any atom is 0.410 e. The third-order valence-corrected chi connectivity index (χ3v) is 7.80. The highest BCUT2D eigenvalue weighted by atomic mass is 19.1. The minimum Gasteiger partial charge on any atom is -0.497 e. The van der Waals surface area contributed by atoms with Gasteiger partial charge in [0.15, 0.2) is 0 Å². The lowest BCUT2D eigenvalue weighted by atomic mass is 9.98. The first-order valence-corrected chi connectivity index (χ1v) is 13.2. The molecule has 1 aromatic carbocycles. The van der Waals surface area contributed by atoms with Gasteiger partial charge in [0.1, 0.15) is 41.2 Å². The first-order valence-electron chi connectivity index (χ1n) is 13.2. The van der Waals surface area contributed by atoms with E-state index in [4.69, 9.17) is 19.2 Å². The predicted octanol–water partition coefficient (Wildman–Crippen LogP) is 4.33. The van der Waals surface area contributed by atoms with E-state index in [1.165, 1.54) is 0 Å². The van der Waals surface area contributed by atoms with Crippen LogP contribution in [0.1, 0.15) is 52.2 Å². The molecular weight excluding hydrogens is 489 g/mol. The summed E-state index contributed by atoms with van der Waals surface area (Å²) in [5, 5.41) is 0. The van der Waals surface area contributed by atoms with Gasteiger partial charge in [0.2, 0.25) is 0 Å². The van der Waals surface area contributed by atoms with Crippen molar-refractivity contribution in [3.05, 3.63) is 35.7 Å². The lowest BCUT2D eigenvalue weighted by Crippen LogP contribution is -2.59. The summed E-state index contributed by atoms with van der Waals surface area (Å²) < 4.78 is 31.7. The lowest BCUT2D eigenvalue weighted by Gasteiger charge is -2.45. The van der Waals surface area contributed by atoms with Crippen molar-refractivity contribution < 1.29 is 23.4 Å². The molecule has 9 nitrogen and oxygen atoms in total. The summed E-state index contributed by atoms with van der Waals surface area (Å²) in [7, 11) is 3.26. The van der Waals surface area contributed by atoms with Gasteiger partial charge >= 0.3 is 6.09 Å². The number of rotatable bonds is 5. The number of amides is 1. The van der Waals surface area contributed by atoms with Crippen LogP contribution in [0.15, 0.2) is 24.5 Å². The number of hydrogen-bond acceptors (Lipinski definition) is 8. The van der Waals surface area contributed by atoms with Crippen LogP contribution in [0, 0.1) is 0 Å².